The zero-order valence-electron chi connectivity index (χ0n) is 17.5. The predicted octanol–water partition coefficient (Wildman–Crippen LogP) is 5.32. The summed E-state index contributed by atoms with van der Waals surface area (Å²) in [6.45, 7) is 9.39. The van der Waals surface area contributed by atoms with Crippen LogP contribution in [-0.2, 0) is 17.9 Å². The summed E-state index contributed by atoms with van der Waals surface area (Å²) in [7, 11) is 0. The maximum absolute atomic E-state index is 11.5. The molecule has 0 saturated carbocycles. The lowest BCUT2D eigenvalue weighted by molar-refractivity contribution is -0.140. The van der Waals surface area contributed by atoms with Crippen LogP contribution in [0.25, 0.3) is 0 Å². The smallest absolute Gasteiger partial charge is 0.320 e. The van der Waals surface area contributed by atoms with Crippen molar-refractivity contribution >= 4 is 21.9 Å². The molecule has 29 heavy (non-hydrogen) atoms. The highest BCUT2D eigenvalue weighted by atomic mass is 79.9. The van der Waals surface area contributed by atoms with Crippen LogP contribution >= 0.6 is 15.9 Å². The van der Waals surface area contributed by atoms with Gasteiger partial charge in [-0.05, 0) is 49.4 Å². The lowest BCUT2D eigenvalue weighted by Gasteiger charge is -2.19. The number of aliphatic carboxylic acids is 1. The van der Waals surface area contributed by atoms with Gasteiger partial charge in [-0.2, -0.15) is 0 Å². The Morgan fingerprint density at radius 1 is 1.17 bits per heavy atom. The molecule has 0 amide bonds. The Balaban J connectivity index is 2.14. The average molecular weight is 464 g/mol. The maximum Gasteiger partial charge on any atom is 0.320 e. The third-order valence-corrected chi connectivity index (χ3v) is 5.17. The van der Waals surface area contributed by atoms with Gasteiger partial charge in [0.05, 0.1) is 6.61 Å². The number of hydrogen-bond donors (Lipinski definition) is 2. The van der Waals surface area contributed by atoms with Gasteiger partial charge in [-0.1, -0.05) is 59.6 Å². The van der Waals surface area contributed by atoms with Gasteiger partial charge < -0.3 is 19.9 Å². The number of benzene rings is 2. The van der Waals surface area contributed by atoms with Gasteiger partial charge in [0, 0.05) is 11.0 Å². The third kappa shape index (κ3) is 7.37. The Hall–Kier alpha value is -2.05. The molecule has 0 saturated heterocycles. The second-order valence-corrected chi connectivity index (χ2v) is 8.36. The van der Waals surface area contributed by atoms with E-state index in [0.29, 0.717) is 43.6 Å². The number of carbonyl (C=O) groups is 1. The van der Waals surface area contributed by atoms with Crippen molar-refractivity contribution in [1.29, 1.82) is 0 Å². The van der Waals surface area contributed by atoms with Crippen LogP contribution in [0.4, 0.5) is 0 Å². The van der Waals surface area contributed by atoms with Gasteiger partial charge in [0.25, 0.3) is 0 Å². The number of aryl methyl sites for hydroxylation is 1. The Morgan fingerprint density at radius 3 is 2.52 bits per heavy atom. The van der Waals surface area contributed by atoms with Crippen LogP contribution in [0.2, 0.25) is 0 Å². The molecule has 5 nitrogen and oxygen atoms in total. The van der Waals surface area contributed by atoms with Gasteiger partial charge in [0.1, 0.15) is 12.6 Å². The Morgan fingerprint density at radius 2 is 1.90 bits per heavy atom. The quantitative estimate of drug-likeness (QED) is 0.471. The lowest BCUT2D eigenvalue weighted by Crippen LogP contribution is -2.37. The van der Waals surface area contributed by atoms with Crippen molar-refractivity contribution < 1.29 is 19.4 Å². The molecule has 158 valence electrons. The van der Waals surface area contributed by atoms with E-state index in [1.807, 2.05) is 45.0 Å². The highest BCUT2D eigenvalue weighted by Crippen LogP contribution is 2.34. The summed E-state index contributed by atoms with van der Waals surface area (Å²) in [5, 5.41) is 12.6. The van der Waals surface area contributed by atoms with Crippen molar-refractivity contribution in [3.63, 3.8) is 0 Å². The molecule has 2 rings (SSSR count). The molecule has 1 unspecified atom stereocenters. The first-order valence-corrected chi connectivity index (χ1v) is 10.7. The van der Waals surface area contributed by atoms with Crippen LogP contribution in [0.15, 0.2) is 40.9 Å². The lowest BCUT2D eigenvalue weighted by atomic mass is 10.0. The first kappa shape index (κ1) is 23.2. The van der Waals surface area contributed by atoms with Gasteiger partial charge in [-0.15, -0.1) is 0 Å². The van der Waals surface area contributed by atoms with E-state index in [-0.39, 0.29) is 0 Å². The van der Waals surface area contributed by atoms with Crippen LogP contribution in [0, 0.1) is 12.8 Å². The normalized spacial score (nSPS) is 12.1. The van der Waals surface area contributed by atoms with E-state index in [4.69, 9.17) is 9.47 Å². The molecule has 2 N–H and O–H groups in total. The largest absolute Gasteiger partial charge is 0.490 e. The van der Waals surface area contributed by atoms with E-state index in [1.165, 1.54) is 5.56 Å². The standard InChI is InChI=1S/C23H30BrNO4/c1-5-28-21-11-18(13-25-20(23(26)27)9-15(2)3)19(24)12-22(21)29-14-17-8-6-7-16(4)10-17/h6-8,10-12,15,20,25H,5,9,13-14H2,1-4H3,(H,26,27). The van der Waals surface area contributed by atoms with Crippen molar-refractivity contribution in [3.05, 3.63) is 57.6 Å². The highest BCUT2D eigenvalue weighted by Gasteiger charge is 2.19. The fourth-order valence-electron chi connectivity index (χ4n) is 3.03. The molecule has 0 radical (unpaired) electrons. The number of ether oxygens (including phenoxy) is 2. The van der Waals surface area contributed by atoms with Gasteiger partial charge in [-0.3, -0.25) is 4.79 Å². The number of carboxylic acid groups (broad SMARTS) is 1. The monoisotopic (exact) mass is 463 g/mol. The number of hydrogen-bond acceptors (Lipinski definition) is 4. The molecule has 0 bridgehead atoms. The summed E-state index contributed by atoms with van der Waals surface area (Å²) in [5.74, 6) is 0.762. The summed E-state index contributed by atoms with van der Waals surface area (Å²) in [6, 6.07) is 11.4. The Bertz CT molecular complexity index is 823. The first-order chi connectivity index (χ1) is 13.8. The zero-order chi connectivity index (χ0) is 21.4. The summed E-state index contributed by atoms with van der Waals surface area (Å²) >= 11 is 3.59. The van der Waals surface area contributed by atoms with Gasteiger partial charge >= 0.3 is 5.97 Å². The fourth-order valence-corrected chi connectivity index (χ4v) is 3.50. The summed E-state index contributed by atoms with van der Waals surface area (Å²) < 4.78 is 12.6. The maximum atomic E-state index is 11.5. The average Bonchev–Trinajstić information content (AvgIpc) is 2.65. The topological polar surface area (TPSA) is 67.8 Å². The van der Waals surface area contributed by atoms with Crippen molar-refractivity contribution in [3.8, 4) is 11.5 Å². The molecule has 1 atom stereocenters. The van der Waals surface area contributed by atoms with E-state index < -0.39 is 12.0 Å². The molecule has 0 aromatic heterocycles. The second kappa shape index (κ2) is 11.2. The van der Waals surface area contributed by atoms with Crippen molar-refractivity contribution in [2.45, 2.75) is 53.3 Å². The Labute approximate surface area is 181 Å². The minimum Gasteiger partial charge on any atom is -0.490 e. The van der Waals surface area contributed by atoms with Crippen LogP contribution in [0.3, 0.4) is 0 Å². The second-order valence-electron chi connectivity index (χ2n) is 7.50. The van der Waals surface area contributed by atoms with E-state index in [1.54, 1.807) is 0 Å². The molecule has 0 aliphatic heterocycles. The number of halogens is 1. The van der Waals surface area contributed by atoms with Gasteiger partial charge in [-0.25, -0.2) is 0 Å². The van der Waals surface area contributed by atoms with Gasteiger partial charge in [0.2, 0.25) is 0 Å². The Kier molecular flexibility index (Phi) is 8.99. The fraction of sp³-hybridized carbons (Fsp3) is 0.435. The van der Waals surface area contributed by atoms with Crippen molar-refractivity contribution in [2.24, 2.45) is 5.92 Å². The number of carboxylic acids is 1. The molecule has 0 fully saturated rings. The predicted molar refractivity (Wildman–Crippen MR) is 119 cm³/mol. The number of rotatable bonds is 11. The van der Waals surface area contributed by atoms with E-state index in [9.17, 15) is 9.90 Å². The van der Waals surface area contributed by atoms with Gasteiger partial charge in [0.15, 0.2) is 11.5 Å². The SMILES string of the molecule is CCOc1cc(CNC(CC(C)C)C(=O)O)c(Br)cc1OCc1cccc(C)c1. The van der Waals surface area contributed by atoms with Crippen LogP contribution in [0.5, 0.6) is 11.5 Å². The summed E-state index contributed by atoms with van der Waals surface area (Å²) in [4.78, 5) is 11.5. The molecule has 6 heteroatoms. The van der Waals surface area contributed by atoms with Crippen molar-refractivity contribution in [1.82, 2.24) is 5.32 Å². The molecule has 2 aromatic carbocycles. The number of nitrogens with one attached hydrogen (secondary N) is 1. The van der Waals surface area contributed by atoms with E-state index in [0.717, 1.165) is 15.6 Å². The van der Waals surface area contributed by atoms with E-state index >= 15 is 0 Å². The third-order valence-electron chi connectivity index (χ3n) is 4.43. The minimum absolute atomic E-state index is 0.295. The van der Waals surface area contributed by atoms with Crippen LogP contribution < -0.4 is 14.8 Å². The molecule has 0 aliphatic carbocycles. The van der Waals surface area contributed by atoms with E-state index in [2.05, 4.69) is 40.3 Å². The molecular weight excluding hydrogens is 434 g/mol. The molecule has 2 aromatic rings. The molecule has 0 aliphatic rings. The van der Waals surface area contributed by atoms with Crippen LogP contribution in [0.1, 0.15) is 43.9 Å². The molecule has 0 spiro atoms. The molecule has 0 heterocycles. The summed E-state index contributed by atoms with van der Waals surface area (Å²) in [6.07, 6.45) is 0.572. The highest BCUT2D eigenvalue weighted by molar-refractivity contribution is 9.10. The van der Waals surface area contributed by atoms with Crippen molar-refractivity contribution in [2.75, 3.05) is 6.61 Å². The van der Waals surface area contributed by atoms with Crippen LogP contribution in [-0.4, -0.2) is 23.7 Å². The summed E-state index contributed by atoms with van der Waals surface area (Å²) in [5.41, 5.74) is 3.20. The minimum atomic E-state index is -0.835. The molecular formula is C23H30BrNO4. The zero-order valence-corrected chi connectivity index (χ0v) is 19.1. The first-order valence-electron chi connectivity index (χ1n) is 9.89.